The van der Waals surface area contributed by atoms with Crippen LogP contribution < -0.4 is 10.6 Å². The van der Waals surface area contributed by atoms with Gasteiger partial charge in [-0.1, -0.05) is 55.1 Å². The van der Waals surface area contributed by atoms with Gasteiger partial charge in [-0.25, -0.2) is 0 Å². The lowest BCUT2D eigenvalue weighted by atomic mass is 9.90. The highest BCUT2D eigenvalue weighted by atomic mass is 35.5. The fraction of sp³-hybridized carbons (Fsp3) is 0.423. The van der Waals surface area contributed by atoms with E-state index in [2.05, 4.69) is 10.6 Å². The van der Waals surface area contributed by atoms with Crippen LogP contribution in [0.15, 0.2) is 42.5 Å². The molecule has 3 amide bonds. The number of halogens is 1. The summed E-state index contributed by atoms with van der Waals surface area (Å²) in [7, 11) is 0. The minimum Gasteiger partial charge on any atom is -0.349 e. The zero-order valence-corrected chi connectivity index (χ0v) is 19.7. The van der Waals surface area contributed by atoms with Gasteiger partial charge in [0.1, 0.15) is 0 Å². The van der Waals surface area contributed by atoms with Gasteiger partial charge in [0.15, 0.2) is 0 Å². The second-order valence-electron chi connectivity index (χ2n) is 8.93. The third kappa shape index (κ3) is 5.56. The number of rotatable bonds is 5. The van der Waals surface area contributed by atoms with Crippen molar-refractivity contribution in [3.63, 3.8) is 0 Å². The van der Waals surface area contributed by atoms with E-state index < -0.39 is 0 Å². The van der Waals surface area contributed by atoms with Gasteiger partial charge < -0.3 is 15.5 Å². The van der Waals surface area contributed by atoms with Crippen LogP contribution in [0.3, 0.4) is 0 Å². The van der Waals surface area contributed by atoms with Crippen molar-refractivity contribution in [1.29, 1.82) is 0 Å². The van der Waals surface area contributed by atoms with E-state index in [1.807, 2.05) is 24.3 Å². The van der Waals surface area contributed by atoms with E-state index in [0.29, 0.717) is 22.8 Å². The molecule has 7 heteroatoms. The Bertz CT molecular complexity index is 1050. The number of hydrogen-bond donors (Lipinski definition) is 2. The van der Waals surface area contributed by atoms with E-state index in [1.165, 1.54) is 18.9 Å². The Labute approximate surface area is 199 Å². The molecular weight excluding hydrogens is 438 g/mol. The van der Waals surface area contributed by atoms with Crippen molar-refractivity contribution in [2.45, 2.75) is 64.0 Å². The van der Waals surface area contributed by atoms with Gasteiger partial charge in [-0.05, 0) is 48.6 Å². The van der Waals surface area contributed by atoms with Crippen LogP contribution in [0, 0.1) is 0 Å². The lowest BCUT2D eigenvalue weighted by Crippen LogP contribution is -2.40. The van der Waals surface area contributed by atoms with Crippen molar-refractivity contribution >= 4 is 35.0 Å². The van der Waals surface area contributed by atoms with E-state index in [9.17, 15) is 14.4 Å². The molecule has 1 unspecified atom stereocenters. The number of anilines is 1. The first-order chi connectivity index (χ1) is 15.9. The smallest absolute Gasteiger partial charge is 0.253 e. The molecule has 2 aliphatic rings. The fourth-order valence-electron chi connectivity index (χ4n) is 4.92. The van der Waals surface area contributed by atoms with Gasteiger partial charge in [0, 0.05) is 25.2 Å². The number of amides is 3. The van der Waals surface area contributed by atoms with Crippen LogP contribution in [-0.2, 0) is 16.0 Å². The standard InChI is InChI=1S/C26H30ClN3O3/c1-17(31)30-14-13-18-7-5-6-10-21(18)24(30)16-25(32)28-20-11-12-23(27)22(15-20)26(33)29-19-8-3-2-4-9-19/h5-7,10-12,15,19,24H,2-4,8-9,13-14,16H2,1H3,(H,28,32)(H,29,33). The van der Waals surface area contributed by atoms with Crippen molar-refractivity contribution in [1.82, 2.24) is 10.2 Å². The maximum Gasteiger partial charge on any atom is 0.253 e. The van der Waals surface area contributed by atoms with Gasteiger partial charge in [0.2, 0.25) is 11.8 Å². The second kappa shape index (κ2) is 10.4. The zero-order chi connectivity index (χ0) is 23.4. The summed E-state index contributed by atoms with van der Waals surface area (Å²) in [6, 6.07) is 12.7. The summed E-state index contributed by atoms with van der Waals surface area (Å²) in [6.45, 7) is 2.13. The molecule has 1 heterocycles. The molecule has 0 bridgehead atoms. The van der Waals surface area contributed by atoms with Crippen LogP contribution in [-0.4, -0.2) is 35.2 Å². The van der Waals surface area contributed by atoms with Crippen LogP contribution in [0.25, 0.3) is 0 Å². The Balaban J connectivity index is 1.46. The third-order valence-corrected chi connectivity index (χ3v) is 6.96. The third-order valence-electron chi connectivity index (χ3n) is 6.63. The average Bonchev–Trinajstić information content (AvgIpc) is 2.81. The van der Waals surface area contributed by atoms with Gasteiger partial charge in [-0.15, -0.1) is 0 Å². The number of fused-ring (bicyclic) bond motifs is 1. The Hall–Kier alpha value is -2.86. The lowest BCUT2D eigenvalue weighted by Gasteiger charge is -2.36. The van der Waals surface area contributed by atoms with Crippen LogP contribution in [0.4, 0.5) is 5.69 Å². The van der Waals surface area contributed by atoms with E-state index in [4.69, 9.17) is 11.6 Å². The number of benzene rings is 2. The van der Waals surface area contributed by atoms with Gasteiger partial charge in [-0.2, -0.15) is 0 Å². The molecule has 1 aliphatic carbocycles. The summed E-state index contributed by atoms with van der Waals surface area (Å²) < 4.78 is 0. The highest BCUT2D eigenvalue weighted by Crippen LogP contribution is 2.33. The minimum atomic E-state index is -0.311. The number of nitrogens with one attached hydrogen (secondary N) is 2. The Morgan fingerprint density at radius 1 is 1.06 bits per heavy atom. The predicted molar refractivity (Wildman–Crippen MR) is 129 cm³/mol. The number of hydrogen-bond acceptors (Lipinski definition) is 3. The highest BCUT2D eigenvalue weighted by molar-refractivity contribution is 6.34. The topological polar surface area (TPSA) is 78.5 Å². The van der Waals surface area contributed by atoms with Crippen LogP contribution in [0.5, 0.6) is 0 Å². The van der Waals surface area contributed by atoms with E-state index in [1.54, 1.807) is 23.1 Å². The quantitative estimate of drug-likeness (QED) is 0.658. The maximum atomic E-state index is 13.0. The number of carbonyl (C=O) groups excluding carboxylic acids is 3. The van der Waals surface area contributed by atoms with Crippen molar-refractivity contribution in [2.24, 2.45) is 0 Å². The van der Waals surface area contributed by atoms with Crippen molar-refractivity contribution in [3.8, 4) is 0 Å². The molecule has 0 radical (unpaired) electrons. The molecule has 0 spiro atoms. The van der Waals surface area contributed by atoms with Crippen LogP contribution >= 0.6 is 11.6 Å². The molecule has 2 aromatic rings. The normalized spacial score (nSPS) is 18.4. The summed E-state index contributed by atoms with van der Waals surface area (Å²) in [5.74, 6) is -0.480. The van der Waals surface area contributed by atoms with Crippen molar-refractivity contribution in [3.05, 3.63) is 64.2 Å². The lowest BCUT2D eigenvalue weighted by molar-refractivity contribution is -0.132. The van der Waals surface area contributed by atoms with Crippen LogP contribution in [0.1, 0.15) is 73.0 Å². The first-order valence-corrected chi connectivity index (χ1v) is 12.1. The Morgan fingerprint density at radius 2 is 1.82 bits per heavy atom. The Morgan fingerprint density at radius 3 is 2.58 bits per heavy atom. The molecule has 1 atom stereocenters. The fourth-order valence-corrected chi connectivity index (χ4v) is 5.13. The van der Waals surface area contributed by atoms with Crippen LogP contribution in [0.2, 0.25) is 5.02 Å². The summed E-state index contributed by atoms with van der Waals surface area (Å²) in [4.78, 5) is 39.7. The van der Waals surface area contributed by atoms with Gasteiger partial charge in [0.25, 0.3) is 5.91 Å². The molecule has 1 aliphatic heterocycles. The largest absolute Gasteiger partial charge is 0.349 e. The molecule has 2 aromatic carbocycles. The Kier molecular flexibility index (Phi) is 7.33. The molecule has 1 fully saturated rings. The molecule has 6 nitrogen and oxygen atoms in total. The summed E-state index contributed by atoms with van der Waals surface area (Å²) in [6.07, 6.45) is 6.34. The predicted octanol–water partition coefficient (Wildman–Crippen LogP) is 4.88. The summed E-state index contributed by atoms with van der Waals surface area (Å²) >= 11 is 6.29. The van der Waals surface area contributed by atoms with Gasteiger partial charge in [-0.3, -0.25) is 14.4 Å². The molecule has 33 heavy (non-hydrogen) atoms. The SMILES string of the molecule is CC(=O)N1CCc2ccccc2C1CC(=O)Nc1ccc(Cl)c(C(=O)NC2CCCCC2)c1. The van der Waals surface area contributed by atoms with E-state index in [-0.39, 0.29) is 36.2 Å². The van der Waals surface area contributed by atoms with E-state index >= 15 is 0 Å². The second-order valence-corrected chi connectivity index (χ2v) is 9.34. The highest BCUT2D eigenvalue weighted by Gasteiger charge is 2.30. The molecule has 2 N–H and O–H groups in total. The minimum absolute atomic E-state index is 0.0459. The number of nitrogens with zero attached hydrogens (tertiary/aromatic N) is 1. The van der Waals surface area contributed by atoms with Crippen molar-refractivity contribution in [2.75, 3.05) is 11.9 Å². The zero-order valence-electron chi connectivity index (χ0n) is 18.9. The molecule has 174 valence electrons. The van der Waals surface area contributed by atoms with E-state index in [0.717, 1.165) is 37.7 Å². The summed E-state index contributed by atoms with van der Waals surface area (Å²) in [5, 5.41) is 6.31. The molecule has 0 aromatic heterocycles. The average molecular weight is 468 g/mol. The van der Waals surface area contributed by atoms with Gasteiger partial charge >= 0.3 is 0 Å². The molecule has 4 rings (SSSR count). The van der Waals surface area contributed by atoms with Crippen molar-refractivity contribution < 1.29 is 14.4 Å². The summed E-state index contributed by atoms with van der Waals surface area (Å²) in [5.41, 5.74) is 3.05. The monoisotopic (exact) mass is 467 g/mol. The first kappa shape index (κ1) is 23.3. The first-order valence-electron chi connectivity index (χ1n) is 11.7. The maximum absolute atomic E-state index is 13.0. The number of carbonyl (C=O) groups is 3. The molecule has 1 saturated carbocycles. The van der Waals surface area contributed by atoms with Gasteiger partial charge in [0.05, 0.1) is 23.0 Å². The molecule has 0 saturated heterocycles. The molecular formula is C26H30ClN3O3.